The van der Waals surface area contributed by atoms with Gasteiger partial charge in [0.05, 0.1) is 30.2 Å². The number of thioether (sulfide) groups is 1. The summed E-state index contributed by atoms with van der Waals surface area (Å²) in [6, 6.07) is 6.90. The minimum atomic E-state index is -0.251. The van der Waals surface area contributed by atoms with E-state index >= 15 is 0 Å². The molecule has 4 rings (SSSR count). The fourth-order valence-corrected chi connectivity index (χ4v) is 4.84. The van der Waals surface area contributed by atoms with Crippen LogP contribution < -0.4 is 5.32 Å². The SMILES string of the molecule is O=C1c2ccccc2C(=O)N1CSc1nnc(NCCCN2CCOCC2)s1. The van der Waals surface area contributed by atoms with Gasteiger partial charge in [0.25, 0.3) is 11.8 Å². The molecule has 1 fully saturated rings. The van der Waals surface area contributed by atoms with Crippen LogP contribution in [0.3, 0.4) is 0 Å². The van der Waals surface area contributed by atoms with E-state index in [1.165, 1.54) is 28.0 Å². The van der Waals surface area contributed by atoms with Crippen molar-refractivity contribution in [2.45, 2.75) is 10.8 Å². The van der Waals surface area contributed by atoms with Crippen molar-refractivity contribution in [2.75, 3.05) is 50.6 Å². The summed E-state index contributed by atoms with van der Waals surface area (Å²) in [6.45, 7) is 5.50. The summed E-state index contributed by atoms with van der Waals surface area (Å²) in [6.07, 6.45) is 1.02. The minimum absolute atomic E-state index is 0.234. The van der Waals surface area contributed by atoms with Crippen molar-refractivity contribution in [3.8, 4) is 0 Å². The van der Waals surface area contributed by atoms with E-state index in [0.717, 1.165) is 55.3 Å². The molecule has 1 aromatic heterocycles. The molecule has 0 spiro atoms. The molecule has 0 radical (unpaired) electrons. The van der Waals surface area contributed by atoms with Gasteiger partial charge in [-0.15, -0.1) is 10.2 Å². The normalized spacial score (nSPS) is 17.2. The zero-order valence-electron chi connectivity index (χ0n) is 15.3. The Morgan fingerprint density at radius 3 is 2.54 bits per heavy atom. The van der Waals surface area contributed by atoms with Gasteiger partial charge in [0.1, 0.15) is 0 Å². The molecule has 1 aromatic carbocycles. The van der Waals surface area contributed by atoms with Gasteiger partial charge < -0.3 is 10.1 Å². The van der Waals surface area contributed by atoms with Crippen LogP contribution in [-0.4, -0.2) is 77.1 Å². The van der Waals surface area contributed by atoms with E-state index in [0.29, 0.717) is 11.1 Å². The van der Waals surface area contributed by atoms with Crippen LogP contribution in [0, 0.1) is 0 Å². The maximum atomic E-state index is 12.4. The van der Waals surface area contributed by atoms with E-state index in [1.54, 1.807) is 24.3 Å². The Bertz CT molecular complexity index is 818. The molecule has 2 aromatic rings. The van der Waals surface area contributed by atoms with Crippen molar-refractivity contribution in [3.63, 3.8) is 0 Å². The quantitative estimate of drug-likeness (QED) is 0.395. The van der Waals surface area contributed by atoms with Crippen LogP contribution in [0.1, 0.15) is 27.1 Å². The van der Waals surface area contributed by atoms with Crippen molar-refractivity contribution in [3.05, 3.63) is 35.4 Å². The first-order valence-corrected chi connectivity index (χ1v) is 11.0. The van der Waals surface area contributed by atoms with Gasteiger partial charge in [-0.05, 0) is 25.1 Å². The number of amides is 2. The average molecular weight is 420 g/mol. The summed E-state index contributed by atoms with van der Waals surface area (Å²) >= 11 is 2.78. The molecular weight excluding hydrogens is 398 g/mol. The highest BCUT2D eigenvalue weighted by Crippen LogP contribution is 2.29. The Hall–Kier alpha value is -2.01. The second-order valence-electron chi connectivity index (χ2n) is 6.46. The molecule has 0 aliphatic carbocycles. The van der Waals surface area contributed by atoms with Crippen molar-refractivity contribution >= 4 is 40.0 Å². The second kappa shape index (κ2) is 8.99. The summed E-state index contributed by atoms with van der Waals surface area (Å²) in [5.74, 6) is -0.268. The number of rotatable bonds is 8. The molecular formula is C18H21N5O3S2. The fourth-order valence-electron chi connectivity index (χ4n) is 3.14. The second-order valence-corrected chi connectivity index (χ2v) is 8.63. The summed E-state index contributed by atoms with van der Waals surface area (Å²) in [4.78, 5) is 28.4. The van der Waals surface area contributed by atoms with Gasteiger partial charge in [-0.3, -0.25) is 19.4 Å². The third-order valence-electron chi connectivity index (χ3n) is 4.63. The van der Waals surface area contributed by atoms with Gasteiger partial charge in [-0.25, -0.2) is 0 Å². The average Bonchev–Trinajstić information content (AvgIpc) is 3.28. The van der Waals surface area contributed by atoms with Crippen LogP contribution in [0.5, 0.6) is 0 Å². The molecule has 1 N–H and O–H groups in total. The molecule has 10 heteroatoms. The third kappa shape index (κ3) is 4.35. The molecule has 148 valence electrons. The zero-order valence-corrected chi connectivity index (χ0v) is 16.9. The van der Waals surface area contributed by atoms with Crippen LogP contribution in [0.2, 0.25) is 0 Å². The molecule has 0 bridgehead atoms. The van der Waals surface area contributed by atoms with Crippen LogP contribution in [-0.2, 0) is 4.74 Å². The lowest BCUT2D eigenvalue weighted by Crippen LogP contribution is -2.37. The summed E-state index contributed by atoms with van der Waals surface area (Å²) in [5.41, 5.74) is 0.931. The number of imide groups is 1. The number of nitrogens with zero attached hydrogens (tertiary/aromatic N) is 4. The molecule has 0 atom stereocenters. The number of hydrogen-bond donors (Lipinski definition) is 1. The number of morpholine rings is 1. The Balaban J connectivity index is 1.22. The summed E-state index contributed by atoms with van der Waals surface area (Å²) in [7, 11) is 0. The Labute approximate surface area is 171 Å². The first-order chi connectivity index (χ1) is 13.7. The predicted octanol–water partition coefficient (Wildman–Crippen LogP) is 2.02. The van der Waals surface area contributed by atoms with Crippen molar-refractivity contribution < 1.29 is 14.3 Å². The van der Waals surface area contributed by atoms with E-state index < -0.39 is 0 Å². The highest BCUT2D eigenvalue weighted by Gasteiger charge is 2.35. The Morgan fingerprint density at radius 2 is 1.82 bits per heavy atom. The standard InChI is InChI=1S/C18H21N5O3S2/c24-15-13-4-1-2-5-14(13)16(25)23(15)12-27-18-21-20-17(28-18)19-6-3-7-22-8-10-26-11-9-22/h1-2,4-5H,3,6-12H2,(H,19,20). The maximum Gasteiger partial charge on any atom is 0.262 e. The molecule has 0 saturated carbocycles. The van der Waals surface area contributed by atoms with E-state index in [4.69, 9.17) is 4.74 Å². The fraction of sp³-hybridized carbons (Fsp3) is 0.444. The molecule has 2 aliphatic rings. The predicted molar refractivity (Wildman–Crippen MR) is 108 cm³/mol. The number of carbonyl (C=O) groups is 2. The molecule has 28 heavy (non-hydrogen) atoms. The van der Waals surface area contributed by atoms with Crippen LogP contribution in [0.15, 0.2) is 28.6 Å². The number of hydrogen-bond acceptors (Lipinski definition) is 9. The number of ether oxygens (including phenoxy) is 1. The molecule has 1 saturated heterocycles. The van der Waals surface area contributed by atoms with Crippen LogP contribution in [0.25, 0.3) is 0 Å². The Kier molecular flexibility index (Phi) is 6.20. The lowest BCUT2D eigenvalue weighted by atomic mass is 10.1. The van der Waals surface area contributed by atoms with Gasteiger partial charge >= 0.3 is 0 Å². The van der Waals surface area contributed by atoms with Gasteiger partial charge in [-0.2, -0.15) is 0 Å². The molecule has 0 unspecified atom stereocenters. The lowest BCUT2D eigenvalue weighted by molar-refractivity contribution is 0.0378. The van der Waals surface area contributed by atoms with Gasteiger partial charge in [0, 0.05) is 19.6 Å². The monoisotopic (exact) mass is 419 g/mol. The van der Waals surface area contributed by atoms with Gasteiger partial charge in [0.15, 0.2) is 4.34 Å². The van der Waals surface area contributed by atoms with Crippen LogP contribution in [0.4, 0.5) is 5.13 Å². The first kappa shape index (κ1) is 19.3. The number of aromatic nitrogens is 2. The van der Waals surface area contributed by atoms with Crippen molar-refractivity contribution in [1.29, 1.82) is 0 Å². The number of benzene rings is 1. The topological polar surface area (TPSA) is 87.7 Å². The molecule has 8 nitrogen and oxygen atoms in total. The van der Waals surface area contributed by atoms with Crippen LogP contribution >= 0.6 is 23.1 Å². The van der Waals surface area contributed by atoms with E-state index in [-0.39, 0.29) is 17.7 Å². The van der Waals surface area contributed by atoms with E-state index in [1.807, 2.05) is 0 Å². The number of nitrogens with one attached hydrogen (secondary N) is 1. The van der Waals surface area contributed by atoms with E-state index in [2.05, 4.69) is 20.4 Å². The highest BCUT2D eigenvalue weighted by atomic mass is 32.2. The number of anilines is 1. The minimum Gasteiger partial charge on any atom is -0.379 e. The highest BCUT2D eigenvalue weighted by molar-refractivity contribution is 8.01. The van der Waals surface area contributed by atoms with Gasteiger partial charge in [-0.1, -0.05) is 35.2 Å². The molecule has 2 amide bonds. The van der Waals surface area contributed by atoms with Gasteiger partial charge in [0.2, 0.25) is 5.13 Å². The smallest absolute Gasteiger partial charge is 0.262 e. The molecule has 3 heterocycles. The van der Waals surface area contributed by atoms with Crippen molar-refractivity contribution in [1.82, 2.24) is 20.0 Å². The zero-order chi connectivity index (χ0) is 19.3. The summed E-state index contributed by atoms with van der Waals surface area (Å²) in [5, 5.41) is 12.3. The lowest BCUT2D eigenvalue weighted by Gasteiger charge is -2.26. The Morgan fingerprint density at radius 1 is 1.11 bits per heavy atom. The summed E-state index contributed by atoms with van der Waals surface area (Å²) < 4.78 is 6.08. The first-order valence-electron chi connectivity index (χ1n) is 9.18. The molecule has 2 aliphatic heterocycles. The largest absolute Gasteiger partial charge is 0.379 e. The van der Waals surface area contributed by atoms with Crippen molar-refractivity contribution in [2.24, 2.45) is 0 Å². The number of fused-ring (bicyclic) bond motifs is 1. The van der Waals surface area contributed by atoms with E-state index in [9.17, 15) is 9.59 Å². The maximum absolute atomic E-state index is 12.4. The number of carbonyl (C=O) groups excluding carboxylic acids is 2. The third-order valence-corrected chi connectivity index (χ3v) is 6.63.